The van der Waals surface area contributed by atoms with E-state index in [0.29, 0.717) is 0 Å². The Morgan fingerprint density at radius 2 is 1.32 bits per heavy atom. The Bertz CT molecular complexity index is 419. The average Bonchev–Trinajstić information content (AvgIpc) is 2.50. The molecule has 0 aliphatic rings. The monoisotopic (exact) mass is 304 g/mol. The van der Waals surface area contributed by atoms with E-state index < -0.39 is 0 Å². The second-order valence-corrected chi connectivity index (χ2v) is 5.14. The molecule has 0 aliphatic carbocycles. The molecule has 0 heteroatoms. The first-order valence-corrected chi connectivity index (χ1v) is 8.63. The zero-order valence-corrected chi connectivity index (χ0v) is 17.1. The molecule has 0 aromatic carbocycles. The molecule has 0 nitrogen and oxygen atoms in total. The van der Waals surface area contributed by atoms with Crippen LogP contribution in [0, 0.1) is 0 Å². The van der Waals surface area contributed by atoms with Crippen LogP contribution in [-0.4, -0.2) is 0 Å². The first-order valence-electron chi connectivity index (χ1n) is 8.63. The minimum absolute atomic E-state index is 0.956. The van der Waals surface area contributed by atoms with E-state index >= 15 is 0 Å². The summed E-state index contributed by atoms with van der Waals surface area (Å²) in [6, 6.07) is 0. The fourth-order valence-corrected chi connectivity index (χ4v) is 2.08. The molecule has 0 heterocycles. The first kappa shape index (κ1) is 25.6. The molecule has 0 bridgehead atoms. The maximum Gasteiger partial charge on any atom is -0.00671 e. The molecule has 0 fully saturated rings. The maximum absolute atomic E-state index is 4.06. The summed E-state index contributed by atoms with van der Waals surface area (Å²) >= 11 is 0. The Hall–Kier alpha value is -1.30. The molecule has 0 aromatic heterocycles. The standard InChI is InChI=1S/C18H28.2C2H6/c1-9-11-16(8)18(15(7)10-2)17(14(5)6)12-13(3)4;2*1-2/h9-11H,3,12H2,1-2,4-8H3;2*1-2H3/b11-9-,15-10+,18-16+;;. The molecule has 0 saturated heterocycles. The highest BCUT2D eigenvalue weighted by Crippen LogP contribution is 2.30. The van der Waals surface area contributed by atoms with Gasteiger partial charge in [-0.1, -0.05) is 63.6 Å². The van der Waals surface area contributed by atoms with Crippen molar-refractivity contribution < 1.29 is 0 Å². The summed E-state index contributed by atoms with van der Waals surface area (Å²) in [5, 5.41) is 0. The lowest BCUT2D eigenvalue weighted by Gasteiger charge is -2.18. The highest BCUT2D eigenvalue weighted by atomic mass is 14.2. The fraction of sp³-hybridized carbons (Fsp3) is 0.545. The zero-order chi connectivity index (χ0) is 18.3. The summed E-state index contributed by atoms with van der Waals surface area (Å²) in [6.07, 6.45) is 7.42. The zero-order valence-electron chi connectivity index (χ0n) is 17.1. The van der Waals surface area contributed by atoms with Crippen molar-refractivity contribution in [3.05, 3.63) is 58.2 Å². The molecule has 0 aliphatic heterocycles. The molecule has 0 saturated carbocycles. The summed E-state index contributed by atoms with van der Waals surface area (Å²) in [4.78, 5) is 0. The van der Waals surface area contributed by atoms with Gasteiger partial charge in [0.05, 0.1) is 0 Å². The van der Waals surface area contributed by atoms with Crippen molar-refractivity contribution in [3.8, 4) is 0 Å². The van der Waals surface area contributed by atoms with Gasteiger partial charge in [0.15, 0.2) is 0 Å². The van der Waals surface area contributed by atoms with Gasteiger partial charge in [0.1, 0.15) is 0 Å². The van der Waals surface area contributed by atoms with Gasteiger partial charge in [-0.15, -0.1) is 0 Å². The molecular formula is C22H40. The van der Waals surface area contributed by atoms with Crippen LogP contribution >= 0.6 is 0 Å². The summed E-state index contributed by atoms with van der Waals surface area (Å²) < 4.78 is 0. The van der Waals surface area contributed by atoms with Crippen molar-refractivity contribution in [2.75, 3.05) is 0 Å². The van der Waals surface area contributed by atoms with E-state index in [1.54, 1.807) is 0 Å². The number of hydrogen-bond donors (Lipinski definition) is 0. The van der Waals surface area contributed by atoms with E-state index in [9.17, 15) is 0 Å². The van der Waals surface area contributed by atoms with Crippen molar-refractivity contribution in [2.45, 2.75) is 82.6 Å². The first-order chi connectivity index (χ1) is 10.3. The Morgan fingerprint density at radius 1 is 0.864 bits per heavy atom. The van der Waals surface area contributed by atoms with Crippen LogP contribution < -0.4 is 0 Å². The number of hydrogen-bond acceptors (Lipinski definition) is 0. The third kappa shape index (κ3) is 10.4. The average molecular weight is 305 g/mol. The molecule has 0 atom stereocenters. The topological polar surface area (TPSA) is 0 Å². The van der Waals surface area contributed by atoms with Crippen LogP contribution in [0.2, 0.25) is 0 Å². The Morgan fingerprint density at radius 3 is 1.59 bits per heavy atom. The largest absolute Gasteiger partial charge is 0.0998 e. The van der Waals surface area contributed by atoms with Gasteiger partial charge in [-0.2, -0.15) is 0 Å². The van der Waals surface area contributed by atoms with E-state index in [2.05, 4.69) is 73.3 Å². The van der Waals surface area contributed by atoms with Gasteiger partial charge >= 0.3 is 0 Å². The van der Waals surface area contributed by atoms with Gasteiger partial charge in [-0.05, 0) is 77.2 Å². The second kappa shape index (κ2) is 16.1. The third-order valence-electron chi connectivity index (χ3n) is 3.02. The van der Waals surface area contributed by atoms with Crippen molar-refractivity contribution in [3.63, 3.8) is 0 Å². The molecule has 128 valence electrons. The molecular weight excluding hydrogens is 264 g/mol. The highest BCUT2D eigenvalue weighted by Gasteiger charge is 2.11. The lowest BCUT2D eigenvalue weighted by molar-refractivity contribution is 1.06. The fourth-order valence-electron chi connectivity index (χ4n) is 2.08. The third-order valence-corrected chi connectivity index (χ3v) is 3.02. The van der Waals surface area contributed by atoms with Gasteiger partial charge in [0.2, 0.25) is 0 Å². The quantitative estimate of drug-likeness (QED) is 0.354. The smallest absolute Gasteiger partial charge is 0.00671 e. The molecule has 0 rings (SSSR count). The minimum Gasteiger partial charge on any atom is -0.0998 e. The van der Waals surface area contributed by atoms with Crippen molar-refractivity contribution in [1.29, 1.82) is 0 Å². The SMILES string of the molecule is C=C(C)CC(=C(C)C)C(/C(C)=C/C)=C(C)/C=C\C.CC.CC. The van der Waals surface area contributed by atoms with E-state index in [-0.39, 0.29) is 0 Å². The van der Waals surface area contributed by atoms with Crippen LogP contribution in [0.5, 0.6) is 0 Å². The minimum atomic E-state index is 0.956. The summed E-state index contributed by atoms with van der Waals surface area (Å²) in [6.45, 7) is 27.0. The summed E-state index contributed by atoms with van der Waals surface area (Å²) in [5.41, 5.74) is 8.03. The van der Waals surface area contributed by atoms with Crippen molar-refractivity contribution in [1.82, 2.24) is 0 Å². The van der Waals surface area contributed by atoms with Crippen molar-refractivity contribution >= 4 is 0 Å². The van der Waals surface area contributed by atoms with E-state index in [1.807, 2.05) is 27.7 Å². The van der Waals surface area contributed by atoms with Gasteiger partial charge in [0.25, 0.3) is 0 Å². The Kier molecular flexibility index (Phi) is 18.7. The molecule has 0 radical (unpaired) electrons. The molecule has 0 amide bonds. The summed E-state index contributed by atoms with van der Waals surface area (Å²) in [7, 11) is 0. The van der Waals surface area contributed by atoms with Crippen LogP contribution in [0.4, 0.5) is 0 Å². The Labute approximate surface area is 141 Å². The summed E-state index contributed by atoms with van der Waals surface area (Å²) in [5.74, 6) is 0. The van der Waals surface area contributed by atoms with Crippen LogP contribution in [0.1, 0.15) is 82.6 Å². The molecule has 0 unspecified atom stereocenters. The van der Waals surface area contributed by atoms with E-state index in [0.717, 1.165) is 6.42 Å². The molecule has 0 N–H and O–H groups in total. The van der Waals surface area contributed by atoms with Crippen LogP contribution in [0.25, 0.3) is 0 Å². The molecule has 0 spiro atoms. The predicted molar refractivity (Wildman–Crippen MR) is 107 cm³/mol. The van der Waals surface area contributed by atoms with Gasteiger partial charge < -0.3 is 0 Å². The highest BCUT2D eigenvalue weighted by molar-refractivity contribution is 5.53. The number of allylic oxidation sites excluding steroid dienone is 9. The van der Waals surface area contributed by atoms with E-state index in [1.165, 1.54) is 33.4 Å². The van der Waals surface area contributed by atoms with Crippen LogP contribution in [0.15, 0.2) is 58.2 Å². The molecule has 0 aromatic rings. The second-order valence-electron chi connectivity index (χ2n) is 5.14. The van der Waals surface area contributed by atoms with Crippen LogP contribution in [-0.2, 0) is 0 Å². The van der Waals surface area contributed by atoms with Gasteiger partial charge in [-0.3, -0.25) is 0 Å². The predicted octanol–water partition coefficient (Wildman–Crippen LogP) is 8.20. The lowest BCUT2D eigenvalue weighted by Crippen LogP contribution is -1.99. The number of rotatable bonds is 5. The lowest BCUT2D eigenvalue weighted by atomic mass is 9.87. The van der Waals surface area contributed by atoms with Crippen molar-refractivity contribution in [2.24, 2.45) is 0 Å². The normalized spacial score (nSPS) is 11.7. The van der Waals surface area contributed by atoms with Gasteiger partial charge in [0, 0.05) is 0 Å². The molecule has 22 heavy (non-hydrogen) atoms. The Balaban J connectivity index is -0.000000826. The van der Waals surface area contributed by atoms with Crippen LogP contribution in [0.3, 0.4) is 0 Å². The maximum atomic E-state index is 4.06. The van der Waals surface area contributed by atoms with Gasteiger partial charge in [-0.25, -0.2) is 0 Å². The van der Waals surface area contributed by atoms with E-state index in [4.69, 9.17) is 0 Å².